The van der Waals surface area contributed by atoms with Gasteiger partial charge in [0.15, 0.2) is 5.78 Å². The molecule has 0 aliphatic heterocycles. The minimum atomic E-state index is 0.205. The van der Waals surface area contributed by atoms with Crippen LogP contribution in [0, 0.1) is 6.92 Å². The second kappa shape index (κ2) is 2.59. The number of hydrogen-bond acceptors (Lipinski definition) is 1. The van der Waals surface area contributed by atoms with Gasteiger partial charge in [-0.3, -0.25) is 4.79 Å². The Kier molecular flexibility index (Phi) is 1.58. The minimum Gasteiger partial charge on any atom is -0.294 e. The second-order valence-electron chi connectivity index (χ2n) is 3.12. The summed E-state index contributed by atoms with van der Waals surface area (Å²) in [6, 6.07) is 6.12. The number of benzene rings is 1. The average Bonchev–Trinajstić information content (AvgIpc) is 2.07. The van der Waals surface area contributed by atoms with E-state index in [1.807, 2.05) is 31.2 Å². The second-order valence-corrected chi connectivity index (χ2v) is 3.12. The van der Waals surface area contributed by atoms with Crippen molar-refractivity contribution in [2.24, 2.45) is 0 Å². The molecule has 0 radical (unpaired) electrons. The van der Waals surface area contributed by atoms with Gasteiger partial charge >= 0.3 is 0 Å². The lowest BCUT2D eigenvalue weighted by Crippen LogP contribution is -2.06. The van der Waals surface area contributed by atoms with Crippen LogP contribution < -0.4 is 0 Å². The van der Waals surface area contributed by atoms with Crippen LogP contribution in [0.15, 0.2) is 24.3 Å². The van der Waals surface area contributed by atoms with Gasteiger partial charge in [-0.2, -0.15) is 0 Å². The summed E-state index contributed by atoms with van der Waals surface area (Å²) >= 11 is 0. The summed E-state index contributed by atoms with van der Waals surface area (Å²) < 4.78 is 0. The smallest absolute Gasteiger partial charge is 0.160 e. The predicted molar refractivity (Wildman–Crippen MR) is 48.9 cm³/mol. The van der Waals surface area contributed by atoms with Crippen LogP contribution >= 0.6 is 0 Å². The number of ketones is 1. The molecule has 12 heavy (non-hydrogen) atoms. The number of rotatable bonds is 0. The fourth-order valence-corrected chi connectivity index (χ4v) is 1.54. The maximum Gasteiger partial charge on any atom is 0.160 e. The van der Waals surface area contributed by atoms with Gasteiger partial charge in [0.25, 0.3) is 0 Å². The van der Waals surface area contributed by atoms with Crippen molar-refractivity contribution in [2.45, 2.75) is 13.3 Å². The predicted octanol–water partition coefficient (Wildman–Crippen LogP) is 2.13. The zero-order valence-corrected chi connectivity index (χ0v) is 7.00. The summed E-state index contributed by atoms with van der Waals surface area (Å²) in [4.78, 5) is 11.1. The molecule has 0 bridgehead atoms. The van der Waals surface area contributed by atoms with Crippen molar-refractivity contribution in [2.75, 3.05) is 0 Å². The molecule has 1 aromatic carbocycles. The Balaban J connectivity index is 2.60. The Morgan fingerprint density at radius 3 is 2.92 bits per heavy atom. The van der Waals surface area contributed by atoms with E-state index in [0.717, 1.165) is 0 Å². The first kappa shape index (κ1) is 7.29. The number of carbonyl (C=O) groups excluding carboxylic acids is 1. The molecular formula is C11H10O. The van der Waals surface area contributed by atoms with E-state index in [1.165, 1.54) is 16.7 Å². The van der Waals surface area contributed by atoms with Crippen LogP contribution in [0.4, 0.5) is 0 Å². The van der Waals surface area contributed by atoms with E-state index in [4.69, 9.17) is 0 Å². The van der Waals surface area contributed by atoms with E-state index >= 15 is 0 Å². The van der Waals surface area contributed by atoms with Gasteiger partial charge in [-0.15, -0.1) is 0 Å². The molecule has 0 aromatic heterocycles. The molecule has 0 saturated heterocycles. The molecule has 1 aliphatic carbocycles. The van der Waals surface area contributed by atoms with E-state index in [9.17, 15) is 4.79 Å². The van der Waals surface area contributed by atoms with Crippen molar-refractivity contribution in [3.8, 4) is 0 Å². The topological polar surface area (TPSA) is 17.1 Å². The molecule has 1 heteroatoms. The summed E-state index contributed by atoms with van der Waals surface area (Å²) in [6.45, 7) is 2.05. The Hall–Kier alpha value is -1.37. The van der Waals surface area contributed by atoms with E-state index in [1.54, 1.807) is 6.08 Å². The molecule has 60 valence electrons. The molecule has 0 N–H and O–H groups in total. The molecule has 0 unspecified atom stereocenters. The number of hydrogen-bond donors (Lipinski definition) is 0. The Labute approximate surface area is 71.7 Å². The van der Waals surface area contributed by atoms with Crippen molar-refractivity contribution in [3.63, 3.8) is 0 Å². The van der Waals surface area contributed by atoms with Crippen LogP contribution in [-0.2, 0) is 11.2 Å². The van der Waals surface area contributed by atoms with Crippen molar-refractivity contribution in [1.29, 1.82) is 0 Å². The summed E-state index contributed by atoms with van der Waals surface area (Å²) in [7, 11) is 0. The van der Waals surface area contributed by atoms with Crippen LogP contribution in [-0.4, -0.2) is 5.78 Å². The highest BCUT2D eigenvalue weighted by Crippen LogP contribution is 2.20. The lowest BCUT2D eigenvalue weighted by atomic mass is 9.93. The van der Waals surface area contributed by atoms with Gasteiger partial charge in [0.1, 0.15) is 0 Å². The third-order valence-electron chi connectivity index (χ3n) is 2.25. The maximum absolute atomic E-state index is 11.1. The van der Waals surface area contributed by atoms with Crippen LogP contribution in [0.5, 0.6) is 0 Å². The van der Waals surface area contributed by atoms with Gasteiger partial charge in [-0.1, -0.05) is 24.3 Å². The van der Waals surface area contributed by atoms with Crippen molar-refractivity contribution >= 4 is 11.9 Å². The van der Waals surface area contributed by atoms with Crippen LogP contribution in [0.1, 0.15) is 16.7 Å². The molecule has 0 amide bonds. The molecule has 0 fully saturated rings. The van der Waals surface area contributed by atoms with Crippen molar-refractivity contribution in [3.05, 3.63) is 41.0 Å². The van der Waals surface area contributed by atoms with Gasteiger partial charge in [0.2, 0.25) is 0 Å². The van der Waals surface area contributed by atoms with Crippen LogP contribution in [0.2, 0.25) is 0 Å². The first-order valence-electron chi connectivity index (χ1n) is 4.07. The summed E-state index contributed by atoms with van der Waals surface area (Å²) in [5.41, 5.74) is 3.59. The van der Waals surface area contributed by atoms with Crippen LogP contribution in [0.25, 0.3) is 6.08 Å². The zero-order chi connectivity index (χ0) is 8.55. The summed E-state index contributed by atoms with van der Waals surface area (Å²) in [6.07, 6.45) is 4.12. The van der Waals surface area contributed by atoms with E-state index in [0.29, 0.717) is 6.42 Å². The number of fused-ring (bicyclic) bond motifs is 1. The molecule has 1 aliphatic rings. The molecule has 0 saturated carbocycles. The largest absolute Gasteiger partial charge is 0.294 e. The highest BCUT2D eigenvalue weighted by molar-refractivity contribution is 5.98. The van der Waals surface area contributed by atoms with E-state index in [-0.39, 0.29) is 5.78 Å². The SMILES string of the molecule is Cc1cccc2c1CC(=O)C=C2. The molecule has 1 aromatic rings. The fraction of sp³-hybridized carbons (Fsp3) is 0.182. The highest BCUT2D eigenvalue weighted by atomic mass is 16.1. The lowest BCUT2D eigenvalue weighted by Gasteiger charge is -2.11. The van der Waals surface area contributed by atoms with Gasteiger partial charge in [0.05, 0.1) is 0 Å². The molecule has 0 atom stereocenters. The van der Waals surface area contributed by atoms with E-state index in [2.05, 4.69) is 0 Å². The fourth-order valence-electron chi connectivity index (χ4n) is 1.54. The van der Waals surface area contributed by atoms with Crippen molar-refractivity contribution in [1.82, 2.24) is 0 Å². The summed E-state index contributed by atoms with van der Waals surface area (Å²) in [5, 5.41) is 0. The number of aryl methyl sites for hydroxylation is 1. The third kappa shape index (κ3) is 1.07. The summed E-state index contributed by atoms with van der Waals surface area (Å²) in [5.74, 6) is 0.205. The first-order chi connectivity index (χ1) is 5.77. The molecule has 0 heterocycles. The minimum absolute atomic E-state index is 0.205. The van der Waals surface area contributed by atoms with Gasteiger partial charge in [-0.25, -0.2) is 0 Å². The molecular weight excluding hydrogens is 148 g/mol. The monoisotopic (exact) mass is 158 g/mol. The third-order valence-corrected chi connectivity index (χ3v) is 2.25. The molecule has 0 spiro atoms. The Morgan fingerprint density at radius 1 is 1.25 bits per heavy atom. The lowest BCUT2D eigenvalue weighted by molar-refractivity contribution is -0.114. The maximum atomic E-state index is 11.1. The van der Waals surface area contributed by atoms with Crippen molar-refractivity contribution < 1.29 is 4.79 Å². The number of carbonyl (C=O) groups is 1. The Bertz CT molecular complexity index is 361. The normalized spacial score (nSPS) is 14.6. The van der Waals surface area contributed by atoms with Crippen LogP contribution in [0.3, 0.4) is 0 Å². The quantitative estimate of drug-likeness (QED) is 0.565. The van der Waals surface area contributed by atoms with Gasteiger partial charge < -0.3 is 0 Å². The Morgan fingerprint density at radius 2 is 2.08 bits per heavy atom. The highest BCUT2D eigenvalue weighted by Gasteiger charge is 2.11. The van der Waals surface area contributed by atoms with Gasteiger partial charge in [-0.05, 0) is 29.7 Å². The molecule has 2 rings (SSSR count). The first-order valence-corrected chi connectivity index (χ1v) is 4.07. The standard InChI is InChI=1S/C11H10O/c1-8-3-2-4-9-5-6-10(12)7-11(8)9/h2-6H,7H2,1H3. The van der Waals surface area contributed by atoms with E-state index < -0.39 is 0 Å². The zero-order valence-electron chi connectivity index (χ0n) is 7.00. The number of allylic oxidation sites excluding steroid dienone is 1. The van der Waals surface area contributed by atoms with Gasteiger partial charge in [0, 0.05) is 6.42 Å². The average molecular weight is 158 g/mol. The molecule has 1 nitrogen and oxygen atoms in total.